The fraction of sp³-hybridized carbons (Fsp3) is 1.00. The first kappa shape index (κ1) is 19.0. The minimum atomic E-state index is -1.38. The lowest BCUT2D eigenvalue weighted by atomic mass is 9.96. The summed E-state index contributed by atoms with van der Waals surface area (Å²) in [5.41, 5.74) is 0. The summed E-state index contributed by atoms with van der Waals surface area (Å²) in [4.78, 5) is 0. The summed E-state index contributed by atoms with van der Waals surface area (Å²) in [6.07, 6.45) is 0.556. The van der Waals surface area contributed by atoms with Gasteiger partial charge in [0.15, 0.2) is 0 Å². The Morgan fingerprint density at radius 3 is 2.23 bits per heavy atom. The Morgan fingerprint density at radius 2 is 1.64 bits per heavy atom. The van der Waals surface area contributed by atoms with E-state index >= 15 is 0 Å². The Bertz CT molecular complexity index is 345. The molecule has 0 aromatic rings. The first-order valence-electron chi connectivity index (χ1n) is 7.16. The molecule has 0 saturated carbocycles. The van der Waals surface area contributed by atoms with Crippen LogP contribution in [0.1, 0.15) is 12.8 Å². The van der Waals surface area contributed by atoms with Gasteiger partial charge >= 0.3 is 0 Å². The van der Waals surface area contributed by atoms with E-state index < -0.39 is 7.58 Å². The molecule has 2 rings (SSSR count). The van der Waals surface area contributed by atoms with E-state index in [1.807, 2.05) is 0 Å². The fourth-order valence-corrected chi connectivity index (χ4v) is 3.95. The molecule has 122 valence electrons. The molecular formula is C12H21B2O6PS. The predicted octanol–water partition coefficient (Wildman–Crippen LogP) is 0.773. The lowest BCUT2D eigenvalue weighted by Crippen LogP contribution is -2.29. The molecular weight excluding hydrogens is 325 g/mol. The van der Waals surface area contributed by atoms with Gasteiger partial charge in [-0.25, -0.2) is 0 Å². The second-order valence-electron chi connectivity index (χ2n) is 5.30. The van der Waals surface area contributed by atoms with E-state index in [9.17, 15) is 0 Å². The van der Waals surface area contributed by atoms with Crippen LogP contribution in [0.4, 0.5) is 0 Å². The van der Waals surface area contributed by atoms with Crippen LogP contribution < -0.4 is 0 Å². The van der Waals surface area contributed by atoms with Crippen LogP contribution in [0.5, 0.6) is 0 Å². The van der Waals surface area contributed by atoms with Gasteiger partial charge in [0.2, 0.25) is 7.58 Å². The van der Waals surface area contributed by atoms with Gasteiger partial charge in [-0.15, -0.1) is 0 Å². The van der Waals surface area contributed by atoms with Crippen LogP contribution in [0, 0.1) is 0 Å². The highest BCUT2D eigenvalue weighted by molar-refractivity contribution is 8.41. The molecule has 2 saturated heterocycles. The Kier molecular flexibility index (Phi) is 7.97. The molecule has 2 heterocycles. The second kappa shape index (κ2) is 9.23. The van der Waals surface area contributed by atoms with Crippen LogP contribution in [0.15, 0.2) is 0 Å². The Labute approximate surface area is 140 Å². The third kappa shape index (κ3) is 5.35. The van der Waals surface area contributed by atoms with Crippen molar-refractivity contribution in [2.24, 2.45) is 0 Å². The molecule has 0 N–H and O–H groups in total. The molecule has 0 aromatic carbocycles. The van der Waals surface area contributed by atoms with Crippen LogP contribution in [-0.4, -0.2) is 79.5 Å². The summed E-state index contributed by atoms with van der Waals surface area (Å²) < 4.78 is 32.9. The summed E-state index contributed by atoms with van der Waals surface area (Å²) in [6.45, 7) is 0.734. The van der Waals surface area contributed by atoms with Crippen molar-refractivity contribution >= 4 is 35.5 Å². The zero-order valence-corrected chi connectivity index (χ0v) is 14.6. The average molecular weight is 346 g/mol. The molecule has 0 spiro atoms. The Hall–Kier alpha value is 0.670. The maximum atomic E-state index is 5.80. The van der Waals surface area contributed by atoms with E-state index in [1.54, 1.807) is 14.2 Å². The minimum absolute atomic E-state index is 0.0730. The molecule has 0 aliphatic carbocycles. The zero-order valence-electron chi connectivity index (χ0n) is 12.8. The van der Waals surface area contributed by atoms with Crippen molar-refractivity contribution in [1.29, 1.82) is 0 Å². The molecule has 0 aromatic heterocycles. The average Bonchev–Trinajstić information content (AvgIpc) is 3.00. The highest BCUT2D eigenvalue weighted by Crippen LogP contribution is 2.47. The first-order chi connectivity index (χ1) is 10.5. The molecule has 0 amide bonds. The fourth-order valence-electron chi connectivity index (χ4n) is 2.60. The number of methoxy groups -OCH3 is 2. The van der Waals surface area contributed by atoms with E-state index in [0.717, 1.165) is 0 Å². The maximum absolute atomic E-state index is 5.80. The van der Waals surface area contributed by atoms with Crippen molar-refractivity contribution in [3.63, 3.8) is 0 Å². The summed E-state index contributed by atoms with van der Waals surface area (Å²) in [5, 5.41) is 0. The predicted molar refractivity (Wildman–Crippen MR) is 87.5 cm³/mol. The SMILES string of the molecule is [B]C1CC(OC)C(COP(S)OC2CC([B])OC2COC)O1. The molecule has 2 aliphatic rings. The Balaban J connectivity index is 1.74. The largest absolute Gasteiger partial charge is 0.382 e. The second-order valence-corrected chi connectivity index (χ2v) is 7.23. The molecule has 10 heteroatoms. The van der Waals surface area contributed by atoms with Crippen molar-refractivity contribution in [1.82, 2.24) is 0 Å². The quantitative estimate of drug-likeness (QED) is 0.398. The first-order valence-corrected chi connectivity index (χ1v) is 9.49. The molecule has 6 nitrogen and oxygen atoms in total. The van der Waals surface area contributed by atoms with Crippen LogP contribution in [0.25, 0.3) is 0 Å². The van der Waals surface area contributed by atoms with E-state index in [1.165, 1.54) is 0 Å². The van der Waals surface area contributed by atoms with Crippen LogP contribution in [0.2, 0.25) is 0 Å². The molecule has 0 bridgehead atoms. The summed E-state index contributed by atoms with van der Waals surface area (Å²) in [5.74, 6) is 0. The zero-order chi connectivity index (χ0) is 16.1. The summed E-state index contributed by atoms with van der Waals surface area (Å²) >= 11 is 4.35. The number of hydrogen-bond acceptors (Lipinski definition) is 7. The Morgan fingerprint density at radius 1 is 1.05 bits per heavy atom. The number of rotatable bonds is 8. The van der Waals surface area contributed by atoms with Crippen molar-refractivity contribution < 1.29 is 28.0 Å². The van der Waals surface area contributed by atoms with Crippen molar-refractivity contribution in [3.05, 3.63) is 0 Å². The molecule has 2 aliphatic heterocycles. The van der Waals surface area contributed by atoms with Crippen molar-refractivity contribution in [3.8, 4) is 0 Å². The lowest BCUT2D eigenvalue weighted by Gasteiger charge is -2.23. The number of ether oxygens (including phenoxy) is 4. The van der Waals surface area contributed by atoms with Crippen molar-refractivity contribution in [2.45, 2.75) is 49.3 Å². The minimum Gasteiger partial charge on any atom is -0.382 e. The number of hydrogen-bond donors (Lipinski definition) is 1. The standard InChI is InChI=1S/C12H21B2O6PS/c1-15-5-9-8(4-12(14)18-9)20-21(22)17-6-10-7(16-2)3-11(13)19-10/h7-12,22H,3-6H2,1-2H3. The third-order valence-corrected chi connectivity index (χ3v) is 5.12. The van der Waals surface area contributed by atoms with Crippen LogP contribution in [-0.2, 0) is 28.0 Å². The van der Waals surface area contributed by atoms with Gasteiger partial charge < -0.3 is 28.0 Å². The van der Waals surface area contributed by atoms with Gasteiger partial charge in [-0.2, -0.15) is 0 Å². The summed E-state index contributed by atoms with van der Waals surface area (Å²) in [7, 11) is 13.4. The van der Waals surface area contributed by atoms with E-state index in [0.29, 0.717) is 26.1 Å². The number of thiol groups is 1. The topological polar surface area (TPSA) is 55.4 Å². The van der Waals surface area contributed by atoms with Gasteiger partial charge in [-0.05, 0) is 12.8 Å². The summed E-state index contributed by atoms with van der Waals surface area (Å²) in [6, 6.07) is -0.672. The maximum Gasteiger partial charge on any atom is 0.235 e. The molecule has 7 atom stereocenters. The highest BCUT2D eigenvalue weighted by Gasteiger charge is 2.36. The van der Waals surface area contributed by atoms with Crippen LogP contribution >= 0.6 is 19.8 Å². The van der Waals surface area contributed by atoms with Gasteiger partial charge in [-0.3, -0.25) is 0 Å². The van der Waals surface area contributed by atoms with Crippen LogP contribution in [0.3, 0.4) is 0 Å². The van der Waals surface area contributed by atoms with Gasteiger partial charge in [0.1, 0.15) is 27.9 Å². The van der Waals surface area contributed by atoms with Gasteiger partial charge in [0, 0.05) is 26.2 Å². The van der Waals surface area contributed by atoms with Gasteiger partial charge in [0.05, 0.1) is 25.4 Å². The van der Waals surface area contributed by atoms with Gasteiger partial charge in [-0.1, -0.05) is 12.2 Å². The van der Waals surface area contributed by atoms with E-state index in [-0.39, 0.29) is 36.4 Å². The van der Waals surface area contributed by atoms with E-state index in [2.05, 4.69) is 12.2 Å². The smallest absolute Gasteiger partial charge is 0.235 e. The van der Waals surface area contributed by atoms with Gasteiger partial charge in [0.25, 0.3) is 0 Å². The third-order valence-electron chi connectivity index (χ3n) is 3.67. The highest BCUT2D eigenvalue weighted by atomic mass is 32.7. The van der Waals surface area contributed by atoms with E-state index in [4.69, 9.17) is 43.7 Å². The van der Waals surface area contributed by atoms with Crippen molar-refractivity contribution in [2.75, 3.05) is 27.4 Å². The molecule has 7 unspecified atom stereocenters. The molecule has 4 radical (unpaired) electrons. The monoisotopic (exact) mass is 346 g/mol. The molecule has 22 heavy (non-hydrogen) atoms. The molecule has 2 fully saturated rings. The normalized spacial score (nSPS) is 40.1. The lowest BCUT2D eigenvalue weighted by molar-refractivity contribution is -0.0227.